The average molecular weight is 156 g/mol. The first-order valence-corrected chi connectivity index (χ1v) is 4.00. The smallest absolute Gasteiger partial charge is 0.0963 e. The minimum atomic E-state index is -0.155. The van der Waals surface area contributed by atoms with E-state index in [1.165, 1.54) is 0 Å². The van der Waals surface area contributed by atoms with Crippen LogP contribution in [0, 0.1) is 16.2 Å². The summed E-state index contributed by atoms with van der Waals surface area (Å²) < 4.78 is 0. The first kappa shape index (κ1) is 10.5. The lowest BCUT2D eigenvalue weighted by atomic mass is 9.76. The van der Waals surface area contributed by atoms with Crippen molar-refractivity contribution in [1.82, 2.24) is 0 Å². The summed E-state index contributed by atoms with van der Waals surface area (Å²) in [6.45, 7) is 10.5. The topological polar surface area (TPSA) is 49.9 Å². The zero-order chi connectivity index (χ0) is 9.28. The standard InChI is InChI=1S/C9H20N2/c1-8(2,3)6-9(4,5)7(10)11/h6H2,1-5H3,(H3,10,11). The highest BCUT2D eigenvalue weighted by molar-refractivity contribution is 5.82. The molecule has 0 bridgehead atoms. The predicted molar refractivity (Wildman–Crippen MR) is 49.8 cm³/mol. The minimum Gasteiger partial charge on any atom is -0.387 e. The van der Waals surface area contributed by atoms with Gasteiger partial charge in [-0.15, -0.1) is 0 Å². The molecule has 0 fully saturated rings. The third kappa shape index (κ3) is 4.02. The monoisotopic (exact) mass is 156 g/mol. The minimum absolute atomic E-state index is 0.155. The molecule has 66 valence electrons. The summed E-state index contributed by atoms with van der Waals surface area (Å²) in [5.74, 6) is 0.285. The molecule has 3 N–H and O–H groups in total. The van der Waals surface area contributed by atoms with Crippen LogP contribution in [-0.2, 0) is 0 Å². The molecule has 2 heteroatoms. The third-order valence-corrected chi connectivity index (χ3v) is 1.70. The largest absolute Gasteiger partial charge is 0.387 e. The first-order chi connectivity index (χ1) is 4.65. The Morgan fingerprint density at radius 2 is 1.55 bits per heavy atom. The van der Waals surface area contributed by atoms with Gasteiger partial charge in [-0.25, -0.2) is 0 Å². The van der Waals surface area contributed by atoms with Gasteiger partial charge in [-0.05, 0) is 11.8 Å². The number of nitrogens with one attached hydrogen (secondary N) is 1. The number of hydrogen-bond donors (Lipinski definition) is 2. The Labute approximate surface area is 69.7 Å². The highest BCUT2D eigenvalue weighted by Gasteiger charge is 2.27. The summed E-state index contributed by atoms with van der Waals surface area (Å²) in [5.41, 5.74) is 5.55. The fraction of sp³-hybridized carbons (Fsp3) is 0.889. The first-order valence-electron chi connectivity index (χ1n) is 4.00. The second-order valence-electron chi connectivity index (χ2n) is 5.03. The summed E-state index contributed by atoms with van der Waals surface area (Å²) in [6, 6.07) is 0. The molecule has 0 aliphatic heterocycles. The van der Waals surface area contributed by atoms with Crippen molar-refractivity contribution < 1.29 is 0 Å². The van der Waals surface area contributed by atoms with Gasteiger partial charge in [0, 0.05) is 5.41 Å². The Hall–Kier alpha value is -0.530. The molecule has 0 atom stereocenters. The predicted octanol–water partition coefficient (Wildman–Crippen LogP) is 2.38. The van der Waals surface area contributed by atoms with E-state index in [4.69, 9.17) is 11.1 Å². The molecular formula is C9H20N2. The highest BCUT2D eigenvalue weighted by atomic mass is 14.7. The third-order valence-electron chi connectivity index (χ3n) is 1.70. The summed E-state index contributed by atoms with van der Waals surface area (Å²) in [6.07, 6.45) is 0.954. The molecule has 0 radical (unpaired) electrons. The van der Waals surface area contributed by atoms with E-state index in [1.807, 2.05) is 13.8 Å². The van der Waals surface area contributed by atoms with E-state index in [2.05, 4.69) is 20.8 Å². The van der Waals surface area contributed by atoms with E-state index < -0.39 is 0 Å². The Balaban J connectivity index is 4.25. The van der Waals surface area contributed by atoms with Crippen LogP contribution in [0.3, 0.4) is 0 Å². The number of rotatable bonds is 2. The lowest BCUT2D eigenvalue weighted by Crippen LogP contribution is -2.34. The highest BCUT2D eigenvalue weighted by Crippen LogP contribution is 2.32. The molecule has 0 spiro atoms. The van der Waals surface area contributed by atoms with Gasteiger partial charge in [0.1, 0.15) is 0 Å². The van der Waals surface area contributed by atoms with Crippen LogP contribution in [0.5, 0.6) is 0 Å². The molecule has 0 amide bonds. The molecule has 0 saturated carbocycles. The molecule has 0 aliphatic rings. The molecule has 0 aromatic carbocycles. The van der Waals surface area contributed by atoms with E-state index in [0.29, 0.717) is 0 Å². The van der Waals surface area contributed by atoms with Crippen molar-refractivity contribution in [1.29, 1.82) is 5.41 Å². The van der Waals surface area contributed by atoms with Crippen molar-refractivity contribution in [3.63, 3.8) is 0 Å². The normalized spacial score (nSPS) is 13.2. The van der Waals surface area contributed by atoms with Crippen molar-refractivity contribution in [2.24, 2.45) is 16.6 Å². The van der Waals surface area contributed by atoms with Crippen LogP contribution in [0.15, 0.2) is 0 Å². The molecule has 0 unspecified atom stereocenters. The van der Waals surface area contributed by atoms with Crippen LogP contribution in [0.2, 0.25) is 0 Å². The average Bonchev–Trinajstić information content (AvgIpc) is 1.56. The van der Waals surface area contributed by atoms with Gasteiger partial charge in [-0.2, -0.15) is 0 Å². The van der Waals surface area contributed by atoms with Crippen molar-refractivity contribution in [2.45, 2.75) is 41.0 Å². The molecule has 2 nitrogen and oxygen atoms in total. The number of hydrogen-bond acceptors (Lipinski definition) is 1. The lowest BCUT2D eigenvalue weighted by molar-refractivity contribution is 0.276. The van der Waals surface area contributed by atoms with Crippen molar-refractivity contribution in [3.05, 3.63) is 0 Å². The van der Waals surface area contributed by atoms with Crippen LogP contribution in [0.1, 0.15) is 41.0 Å². The maximum Gasteiger partial charge on any atom is 0.0963 e. The van der Waals surface area contributed by atoms with Crippen molar-refractivity contribution >= 4 is 5.84 Å². The van der Waals surface area contributed by atoms with E-state index >= 15 is 0 Å². The van der Waals surface area contributed by atoms with Crippen LogP contribution < -0.4 is 5.73 Å². The fourth-order valence-electron chi connectivity index (χ4n) is 1.42. The summed E-state index contributed by atoms with van der Waals surface area (Å²) in [7, 11) is 0. The van der Waals surface area contributed by atoms with Crippen LogP contribution >= 0.6 is 0 Å². The van der Waals surface area contributed by atoms with Gasteiger partial charge in [-0.1, -0.05) is 34.6 Å². The molecule has 0 aromatic rings. The second kappa shape index (κ2) is 2.84. The van der Waals surface area contributed by atoms with Crippen LogP contribution in [-0.4, -0.2) is 5.84 Å². The number of amidine groups is 1. The van der Waals surface area contributed by atoms with Gasteiger partial charge in [0.25, 0.3) is 0 Å². The van der Waals surface area contributed by atoms with Gasteiger partial charge < -0.3 is 5.73 Å². The van der Waals surface area contributed by atoms with E-state index in [9.17, 15) is 0 Å². The van der Waals surface area contributed by atoms with E-state index in [0.717, 1.165) is 6.42 Å². The Kier molecular flexibility index (Phi) is 2.70. The van der Waals surface area contributed by atoms with Crippen LogP contribution in [0.25, 0.3) is 0 Å². The SMILES string of the molecule is CC(C)(C)CC(C)(C)C(=N)N. The van der Waals surface area contributed by atoms with Crippen molar-refractivity contribution in [3.8, 4) is 0 Å². The van der Waals surface area contributed by atoms with E-state index in [1.54, 1.807) is 0 Å². The summed E-state index contributed by atoms with van der Waals surface area (Å²) in [5, 5.41) is 7.35. The zero-order valence-electron chi connectivity index (χ0n) is 8.28. The van der Waals surface area contributed by atoms with Gasteiger partial charge in [0.15, 0.2) is 0 Å². The summed E-state index contributed by atoms with van der Waals surface area (Å²) >= 11 is 0. The molecule has 0 saturated heterocycles. The molecule has 0 heterocycles. The lowest BCUT2D eigenvalue weighted by Gasteiger charge is -2.31. The van der Waals surface area contributed by atoms with Crippen LogP contribution in [0.4, 0.5) is 0 Å². The maximum absolute atomic E-state index is 7.35. The summed E-state index contributed by atoms with van der Waals surface area (Å²) in [4.78, 5) is 0. The van der Waals surface area contributed by atoms with E-state index in [-0.39, 0.29) is 16.7 Å². The maximum atomic E-state index is 7.35. The van der Waals surface area contributed by atoms with Gasteiger partial charge in [-0.3, -0.25) is 5.41 Å². The second-order valence-corrected chi connectivity index (χ2v) is 5.03. The Morgan fingerprint density at radius 3 is 1.64 bits per heavy atom. The molecule has 0 aliphatic carbocycles. The number of nitrogens with two attached hydrogens (primary N) is 1. The quantitative estimate of drug-likeness (QED) is 0.468. The Bertz CT molecular complexity index is 151. The molecule has 0 aromatic heterocycles. The van der Waals surface area contributed by atoms with Gasteiger partial charge in [0.2, 0.25) is 0 Å². The molecule has 11 heavy (non-hydrogen) atoms. The molecule has 0 rings (SSSR count). The fourth-order valence-corrected chi connectivity index (χ4v) is 1.42. The molecular weight excluding hydrogens is 136 g/mol. The van der Waals surface area contributed by atoms with Crippen molar-refractivity contribution in [2.75, 3.05) is 0 Å². The van der Waals surface area contributed by atoms with Gasteiger partial charge >= 0.3 is 0 Å². The van der Waals surface area contributed by atoms with Gasteiger partial charge in [0.05, 0.1) is 5.84 Å². The Morgan fingerprint density at radius 1 is 1.18 bits per heavy atom. The zero-order valence-corrected chi connectivity index (χ0v) is 8.28.